The van der Waals surface area contributed by atoms with Gasteiger partial charge in [0.15, 0.2) is 0 Å². The van der Waals surface area contributed by atoms with Crippen molar-refractivity contribution < 1.29 is 10.2 Å². The van der Waals surface area contributed by atoms with E-state index in [-0.39, 0.29) is 18.5 Å². The number of fused-ring (bicyclic) bond motifs is 1. The molecule has 0 saturated heterocycles. The number of halogens is 3. The number of hydrogen-bond donors (Lipinski definition) is 2. The van der Waals surface area contributed by atoms with Crippen LogP contribution < -0.4 is 4.90 Å². The smallest absolute Gasteiger partial charge is 0.224 e. The summed E-state index contributed by atoms with van der Waals surface area (Å²) in [6.07, 6.45) is 0. The summed E-state index contributed by atoms with van der Waals surface area (Å²) in [6, 6.07) is 3.25. The second kappa shape index (κ2) is 6.74. The van der Waals surface area contributed by atoms with Crippen LogP contribution >= 0.6 is 34.8 Å². The first-order valence-electron chi connectivity index (χ1n) is 5.85. The van der Waals surface area contributed by atoms with Crippen LogP contribution in [0.25, 0.3) is 10.9 Å². The fourth-order valence-corrected chi connectivity index (χ4v) is 2.62. The zero-order valence-electron chi connectivity index (χ0n) is 10.4. The summed E-state index contributed by atoms with van der Waals surface area (Å²) < 4.78 is 0. The van der Waals surface area contributed by atoms with Gasteiger partial charge >= 0.3 is 0 Å². The van der Waals surface area contributed by atoms with Crippen molar-refractivity contribution >= 4 is 51.5 Å². The predicted molar refractivity (Wildman–Crippen MR) is 81.0 cm³/mol. The van der Waals surface area contributed by atoms with Gasteiger partial charge in [-0.05, 0) is 23.7 Å². The van der Waals surface area contributed by atoms with Crippen LogP contribution in [0, 0.1) is 0 Å². The van der Waals surface area contributed by atoms with Crippen LogP contribution in [0.3, 0.4) is 0 Å². The molecule has 2 aromatic rings. The normalized spacial score (nSPS) is 11.1. The second-order valence-electron chi connectivity index (χ2n) is 4.03. The Kier molecular flexibility index (Phi) is 5.23. The number of anilines is 1. The second-order valence-corrected chi connectivity index (χ2v) is 5.22. The summed E-state index contributed by atoms with van der Waals surface area (Å²) in [6.45, 7) is 0.426. The number of benzene rings is 1. The van der Waals surface area contributed by atoms with Gasteiger partial charge in [0.2, 0.25) is 5.28 Å². The first-order valence-corrected chi connectivity index (χ1v) is 6.99. The molecule has 0 unspecified atom stereocenters. The molecule has 1 aromatic heterocycles. The van der Waals surface area contributed by atoms with Crippen LogP contribution in [-0.4, -0.2) is 46.5 Å². The average Bonchev–Trinajstić information content (AvgIpc) is 2.39. The number of aliphatic hydroxyl groups excluding tert-OH is 2. The molecule has 0 atom stereocenters. The molecular formula is C12H12Cl3N3O2. The fourth-order valence-electron chi connectivity index (χ4n) is 1.92. The predicted octanol–water partition coefficient (Wildman–Crippen LogP) is 2.38. The Labute approximate surface area is 130 Å². The molecule has 20 heavy (non-hydrogen) atoms. The quantitative estimate of drug-likeness (QED) is 0.821. The Morgan fingerprint density at radius 3 is 2.25 bits per heavy atom. The van der Waals surface area contributed by atoms with Crippen molar-refractivity contribution in [2.75, 3.05) is 31.2 Å². The molecule has 0 amide bonds. The minimum absolute atomic E-state index is 0.0394. The Bertz CT molecular complexity index is 618. The summed E-state index contributed by atoms with van der Waals surface area (Å²) in [5.74, 6) is 0.479. The van der Waals surface area contributed by atoms with Crippen LogP contribution in [0.4, 0.5) is 5.82 Å². The molecule has 0 saturated carbocycles. The van der Waals surface area contributed by atoms with Crippen molar-refractivity contribution in [1.29, 1.82) is 0 Å². The largest absolute Gasteiger partial charge is 0.395 e. The Hall–Kier alpha value is -0.850. The fraction of sp³-hybridized carbons (Fsp3) is 0.333. The maximum absolute atomic E-state index is 9.12. The number of rotatable bonds is 5. The molecule has 1 heterocycles. The summed E-state index contributed by atoms with van der Waals surface area (Å²) in [5, 5.41) is 19.7. The lowest BCUT2D eigenvalue weighted by molar-refractivity contribution is 0.281. The van der Waals surface area contributed by atoms with E-state index in [4.69, 9.17) is 45.0 Å². The highest BCUT2D eigenvalue weighted by atomic mass is 35.5. The van der Waals surface area contributed by atoms with E-state index in [0.717, 1.165) is 0 Å². The Morgan fingerprint density at radius 2 is 1.65 bits per heavy atom. The average molecular weight is 337 g/mol. The van der Waals surface area contributed by atoms with Gasteiger partial charge in [0.1, 0.15) is 5.82 Å². The van der Waals surface area contributed by atoms with Crippen LogP contribution in [0.1, 0.15) is 0 Å². The van der Waals surface area contributed by atoms with Crippen LogP contribution in [0.2, 0.25) is 15.3 Å². The molecule has 0 aliphatic heterocycles. The third-order valence-electron chi connectivity index (χ3n) is 2.71. The highest BCUT2D eigenvalue weighted by molar-refractivity contribution is 6.39. The molecule has 0 aliphatic carbocycles. The number of nitrogens with zero attached hydrogens (tertiary/aromatic N) is 3. The topological polar surface area (TPSA) is 69.5 Å². The monoisotopic (exact) mass is 335 g/mol. The summed E-state index contributed by atoms with van der Waals surface area (Å²) in [4.78, 5) is 9.95. The first kappa shape index (κ1) is 15.5. The minimum Gasteiger partial charge on any atom is -0.395 e. The van der Waals surface area contributed by atoms with Crippen molar-refractivity contribution in [3.05, 3.63) is 27.5 Å². The molecule has 2 N–H and O–H groups in total. The maximum atomic E-state index is 9.12. The molecule has 1 aromatic carbocycles. The molecule has 5 nitrogen and oxygen atoms in total. The van der Waals surface area contributed by atoms with E-state index >= 15 is 0 Å². The molecular weight excluding hydrogens is 325 g/mol. The minimum atomic E-state index is -0.0859. The van der Waals surface area contributed by atoms with E-state index < -0.39 is 0 Å². The Balaban J connectivity index is 2.66. The van der Waals surface area contributed by atoms with Crippen molar-refractivity contribution in [2.45, 2.75) is 0 Å². The third-order valence-corrected chi connectivity index (χ3v) is 3.39. The molecule has 0 bridgehead atoms. The first-order chi connectivity index (χ1) is 9.56. The van der Waals surface area contributed by atoms with Gasteiger partial charge in [-0.25, -0.2) is 4.98 Å². The zero-order valence-corrected chi connectivity index (χ0v) is 12.6. The molecule has 2 rings (SSSR count). The van der Waals surface area contributed by atoms with Gasteiger partial charge in [-0.3, -0.25) is 0 Å². The van der Waals surface area contributed by atoms with Crippen LogP contribution in [-0.2, 0) is 0 Å². The number of aromatic nitrogens is 2. The summed E-state index contributed by atoms with van der Waals surface area (Å²) in [5.41, 5.74) is 0.479. The highest BCUT2D eigenvalue weighted by Gasteiger charge is 2.16. The molecule has 0 radical (unpaired) electrons. The van der Waals surface area contributed by atoms with Crippen LogP contribution in [0.15, 0.2) is 12.1 Å². The van der Waals surface area contributed by atoms with Gasteiger partial charge in [0.25, 0.3) is 0 Å². The molecule has 0 fully saturated rings. The van der Waals surface area contributed by atoms with Gasteiger partial charge in [-0.2, -0.15) is 4.98 Å². The van der Waals surface area contributed by atoms with Crippen molar-refractivity contribution in [3.63, 3.8) is 0 Å². The van der Waals surface area contributed by atoms with E-state index in [1.807, 2.05) is 0 Å². The van der Waals surface area contributed by atoms with E-state index in [9.17, 15) is 0 Å². The lowest BCUT2D eigenvalue weighted by Gasteiger charge is -2.23. The van der Waals surface area contributed by atoms with E-state index in [1.54, 1.807) is 17.0 Å². The SMILES string of the molecule is OCCN(CCO)c1nc(Cl)nc2c(Cl)cc(Cl)cc12. The molecule has 8 heteroatoms. The highest BCUT2D eigenvalue weighted by Crippen LogP contribution is 2.32. The lowest BCUT2D eigenvalue weighted by Crippen LogP contribution is -2.30. The van der Waals surface area contributed by atoms with Gasteiger partial charge in [-0.15, -0.1) is 0 Å². The number of hydrogen-bond acceptors (Lipinski definition) is 5. The Morgan fingerprint density at radius 1 is 1.00 bits per heavy atom. The molecule has 0 aliphatic rings. The van der Waals surface area contributed by atoms with Crippen LogP contribution in [0.5, 0.6) is 0 Å². The van der Waals surface area contributed by atoms with Crippen molar-refractivity contribution in [3.8, 4) is 0 Å². The number of aliphatic hydroxyl groups is 2. The standard InChI is InChI=1S/C12H12Cl3N3O2/c13-7-5-8-10(9(14)6-7)16-12(15)17-11(8)18(1-3-19)2-4-20/h5-6,19-20H,1-4H2. The third kappa shape index (κ3) is 3.24. The molecule has 0 spiro atoms. The summed E-state index contributed by atoms with van der Waals surface area (Å²) in [7, 11) is 0. The van der Waals surface area contributed by atoms with Gasteiger partial charge in [0, 0.05) is 23.5 Å². The van der Waals surface area contributed by atoms with E-state index in [1.165, 1.54) is 0 Å². The van der Waals surface area contributed by atoms with Crippen molar-refractivity contribution in [2.24, 2.45) is 0 Å². The zero-order chi connectivity index (χ0) is 14.7. The maximum Gasteiger partial charge on any atom is 0.224 e. The van der Waals surface area contributed by atoms with Gasteiger partial charge in [-0.1, -0.05) is 23.2 Å². The van der Waals surface area contributed by atoms with Gasteiger partial charge in [0.05, 0.1) is 23.8 Å². The van der Waals surface area contributed by atoms with E-state index in [0.29, 0.717) is 39.9 Å². The van der Waals surface area contributed by atoms with E-state index in [2.05, 4.69) is 9.97 Å². The van der Waals surface area contributed by atoms with Gasteiger partial charge < -0.3 is 15.1 Å². The molecule has 108 valence electrons. The lowest BCUT2D eigenvalue weighted by atomic mass is 10.2. The summed E-state index contributed by atoms with van der Waals surface area (Å²) >= 11 is 18.0. The van der Waals surface area contributed by atoms with Crippen molar-refractivity contribution in [1.82, 2.24) is 9.97 Å².